The first-order valence-corrected chi connectivity index (χ1v) is 8.72. The molecule has 0 aliphatic carbocycles. The predicted octanol–water partition coefficient (Wildman–Crippen LogP) is 4.92. The lowest BCUT2D eigenvalue weighted by molar-refractivity contribution is -0.118. The predicted molar refractivity (Wildman–Crippen MR) is 95.9 cm³/mol. The molecule has 132 valence electrons. The van der Waals surface area contributed by atoms with E-state index in [-0.39, 0.29) is 22.5 Å². The Morgan fingerprint density at radius 3 is 2.20 bits per heavy atom. The Morgan fingerprint density at radius 1 is 1.00 bits per heavy atom. The standard InChI is InChI=1S/C19H19F2NO2S/c1-11(2)19(24)22-15-7-4-13(5-8-15)18(23)12(3)25-17-9-6-14(20)10-16(17)21/h4-12H,1-3H3,(H,22,24). The minimum atomic E-state index is -0.684. The Kier molecular flexibility index (Phi) is 6.31. The van der Waals surface area contributed by atoms with Gasteiger partial charge in [-0.2, -0.15) is 0 Å². The molecule has 3 nitrogen and oxygen atoms in total. The monoisotopic (exact) mass is 363 g/mol. The molecule has 2 aromatic carbocycles. The van der Waals surface area contributed by atoms with E-state index in [2.05, 4.69) is 5.32 Å². The third-order valence-electron chi connectivity index (χ3n) is 3.53. The molecule has 1 unspecified atom stereocenters. The summed E-state index contributed by atoms with van der Waals surface area (Å²) in [5, 5.41) is 2.22. The van der Waals surface area contributed by atoms with Crippen LogP contribution < -0.4 is 5.32 Å². The van der Waals surface area contributed by atoms with Crippen LogP contribution in [0.15, 0.2) is 47.4 Å². The molecule has 0 aromatic heterocycles. The zero-order valence-corrected chi connectivity index (χ0v) is 15.0. The van der Waals surface area contributed by atoms with E-state index in [9.17, 15) is 18.4 Å². The van der Waals surface area contributed by atoms with Crippen molar-refractivity contribution in [3.05, 3.63) is 59.7 Å². The third kappa shape index (κ3) is 5.13. The third-order valence-corrected chi connectivity index (χ3v) is 4.68. The second kappa shape index (κ2) is 8.25. The number of hydrogen-bond donors (Lipinski definition) is 1. The van der Waals surface area contributed by atoms with Crippen LogP contribution in [0.5, 0.6) is 0 Å². The van der Waals surface area contributed by atoms with Crippen LogP contribution in [-0.2, 0) is 4.79 Å². The molecule has 2 aromatic rings. The van der Waals surface area contributed by atoms with E-state index in [4.69, 9.17) is 0 Å². The van der Waals surface area contributed by atoms with Crippen LogP contribution in [0, 0.1) is 17.6 Å². The minimum Gasteiger partial charge on any atom is -0.326 e. The van der Waals surface area contributed by atoms with E-state index in [1.54, 1.807) is 45.0 Å². The van der Waals surface area contributed by atoms with Crippen LogP contribution in [0.2, 0.25) is 0 Å². The molecule has 0 spiro atoms. The van der Waals surface area contributed by atoms with Crippen molar-refractivity contribution in [3.8, 4) is 0 Å². The second-order valence-corrected chi connectivity index (χ2v) is 7.30. The molecule has 0 radical (unpaired) electrons. The van der Waals surface area contributed by atoms with Gasteiger partial charge in [0.2, 0.25) is 5.91 Å². The summed E-state index contributed by atoms with van der Waals surface area (Å²) >= 11 is 1.04. The molecule has 0 aliphatic heterocycles. The molecule has 1 N–H and O–H groups in total. The van der Waals surface area contributed by atoms with Gasteiger partial charge in [0, 0.05) is 28.1 Å². The number of carbonyl (C=O) groups is 2. The van der Waals surface area contributed by atoms with Crippen LogP contribution in [0.1, 0.15) is 31.1 Å². The number of rotatable bonds is 6. The first-order valence-electron chi connectivity index (χ1n) is 7.84. The highest BCUT2D eigenvalue weighted by molar-refractivity contribution is 8.00. The normalized spacial score (nSPS) is 12.1. The summed E-state index contributed by atoms with van der Waals surface area (Å²) < 4.78 is 26.6. The van der Waals surface area contributed by atoms with Gasteiger partial charge >= 0.3 is 0 Å². The molecule has 6 heteroatoms. The number of Topliss-reactive ketones (excluding diaryl/α,β-unsaturated/α-hetero) is 1. The maximum atomic E-state index is 13.7. The van der Waals surface area contributed by atoms with Gasteiger partial charge in [0.05, 0.1) is 5.25 Å². The van der Waals surface area contributed by atoms with E-state index >= 15 is 0 Å². The average molecular weight is 363 g/mol. The van der Waals surface area contributed by atoms with Crippen molar-refractivity contribution in [2.24, 2.45) is 5.92 Å². The number of thioether (sulfide) groups is 1. The number of nitrogens with one attached hydrogen (secondary N) is 1. The number of hydrogen-bond acceptors (Lipinski definition) is 3. The van der Waals surface area contributed by atoms with Gasteiger partial charge in [0.15, 0.2) is 5.78 Å². The highest BCUT2D eigenvalue weighted by Gasteiger charge is 2.18. The average Bonchev–Trinajstić information content (AvgIpc) is 2.57. The SMILES string of the molecule is CC(C)C(=O)Nc1ccc(C(=O)C(C)Sc2ccc(F)cc2F)cc1. The molecule has 0 saturated carbocycles. The van der Waals surface area contributed by atoms with E-state index in [0.717, 1.165) is 23.9 Å². The molecule has 0 heterocycles. The number of amides is 1. The van der Waals surface area contributed by atoms with Crippen LogP contribution in [0.4, 0.5) is 14.5 Å². The van der Waals surface area contributed by atoms with Gasteiger partial charge < -0.3 is 5.32 Å². The summed E-state index contributed by atoms with van der Waals surface area (Å²) in [5.41, 5.74) is 1.07. The van der Waals surface area contributed by atoms with Crippen LogP contribution in [0.25, 0.3) is 0 Å². The summed E-state index contributed by atoms with van der Waals surface area (Å²) in [7, 11) is 0. The number of halogens is 2. The molecule has 0 saturated heterocycles. The summed E-state index contributed by atoms with van der Waals surface area (Å²) in [6.07, 6.45) is 0. The molecule has 1 atom stereocenters. The lowest BCUT2D eigenvalue weighted by Gasteiger charge is -2.12. The summed E-state index contributed by atoms with van der Waals surface area (Å²) in [6.45, 7) is 5.26. The van der Waals surface area contributed by atoms with Gasteiger partial charge in [-0.15, -0.1) is 11.8 Å². The molecule has 0 fully saturated rings. The van der Waals surface area contributed by atoms with Gasteiger partial charge in [-0.1, -0.05) is 13.8 Å². The Morgan fingerprint density at radius 2 is 1.64 bits per heavy atom. The Labute approximate surface area is 149 Å². The molecular weight excluding hydrogens is 344 g/mol. The fraction of sp³-hybridized carbons (Fsp3) is 0.263. The smallest absolute Gasteiger partial charge is 0.226 e. The van der Waals surface area contributed by atoms with Gasteiger partial charge in [-0.25, -0.2) is 8.78 Å². The topological polar surface area (TPSA) is 46.2 Å². The highest BCUT2D eigenvalue weighted by Crippen LogP contribution is 2.28. The van der Waals surface area contributed by atoms with E-state index < -0.39 is 16.9 Å². The van der Waals surface area contributed by atoms with Crippen LogP contribution in [0.3, 0.4) is 0 Å². The Balaban J connectivity index is 2.05. The van der Waals surface area contributed by atoms with E-state index in [0.29, 0.717) is 11.3 Å². The van der Waals surface area contributed by atoms with E-state index in [1.807, 2.05) is 0 Å². The van der Waals surface area contributed by atoms with Crippen molar-refractivity contribution in [1.82, 2.24) is 0 Å². The molecule has 1 amide bonds. The maximum absolute atomic E-state index is 13.7. The van der Waals surface area contributed by atoms with Gasteiger partial charge in [0.1, 0.15) is 11.6 Å². The largest absolute Gasteiger partial charge is 0.326 e. The molecule has 0 bridgehead atoms. The first kappa shape index (κ1) is 19.1. The summed E-state index contributed by atoms with van der Waals surface area (Å²) in [5.74, 6) is -1.75. The van der Waals surface area contributed by atoms with Crippen molar-refractivity contribution in [3.63, 3.8) is 0 Å². The van der Waals surface area contributed by atoms with Crippen LogP contribution in [-0.4, -0.2) is 16.9 Å². The Hall–Kier alpha value is -2.21. The van der Waals surface area contributed by atoms with Gasteiger partial charge in [-0.05, 0) is 43.3 Å². The molecule has 25 heavy (non-hydrogen) atoms. The minimum absolute atomic E-state index is 0.102. The van der Waals surface area contributed by atoms with Crippen LogP contribution >= 0.6 is 11.8 Å². The van der Waals surface area contributed by atoms with E-state index in [1.165, 1.54) is 6.07 Å². The van der Waals surface area contributed by atoms with Crippen molar-refractivity contribution in [1.29, 1.82) is 0 Å². The zero-order valence-electron chi connectivity index (χ0n) is 14.2. The van der Waals surface area contributed by atoms with Crippen molar-refractivity contribution in [2.45, 2.75) is 30.9 Å². The zero-order chi connectivity index (χ0) is 18.6. The summed E-state index contributed by atoms with van der Waals surface area (Å²) in [6, 6.07) is 9.84. The molecule has 2 rings (SSSR count). The fourth-order valence-corrected chi connectivity index (χ4v) is 3.00. The lowest BCUT2D eigenvalue weighted by atomic mass is 10.1. The number of anilines is 1. The highest BCUT2D eigenvalue weighted by atomic mass is 32.2. The fourth-order valence-electron chi connectivity index (χ4n) is 2.05. The van der Waals surface area contributed by atoms with Crippen molar-refractivity contribution in [2.75, 3.05) is 5.32 Å². The second-order valence-electron chi connectivity index (χ2n) is 5.92. The van der Waals surface area contributed by atoms with Crippen molar-refractivity contribution >= 4 is 29.1 Å². The number of benzene rings is 2. The van der Waals surface area contributed by atoms with Crippen molar-refractivity contribution < 1.29 is 18.4 Å². The molecular formula is C19H19F2NO2S. The summed E-state index contributed by atoms with van der Waals surface area (Å²) in [4.78, 5) is 24.3. The lowest BCUT2D eigenvalue weighted by Crippen LogP contribution is -2.18. The first-order chi connectivity index (χ1) is 11.8. The Bertz CT molecular complexity index is 775. The van der Waals surface area contributed by atoms with Gasteiger partial charge in [-0.3, -0.25) is 9.59 Å². The van der Waals surface area contributed by atoms with Gasteiger partial charge in [0.25, 0.3) is 0 Å². The number of carbonyl (C=O) groups excluding carboxylic acids is 2. The molecule has 0 aliphatic rings. The quantitative estimate of drug-likeness (QED) is 0.585. The maximum Gasteiger partial charge on any atom is 0.226 e. The number of ketones is 1.